The summed E-state index contributed by atoms with van der Waals surface area (Å²) in [6.07, 6.45) is 5.11. The summed E-state index contributed by atoms with van der Waals surface area (Å²) in [4.78, 5) is 4.68. The minimum Gasteiger partial charge on any atom is -0.464 e. The second kappa shape index (κ2) is 29.3. The zero-order chi connectivity index (χ0) is 76.0. The summed E-state index contributed by atoms with van der Waals surface area (Å²) in [6.45, 7) is 9.40. The number of benzene rings is 15. The van der Waals surface area contributed by atoms with Gasteiger partial charge in [0, 0.05) is 61.6 Å². The predicted octanol–water partition coefficient (Wildman–Crippen LogP) is 30.4. The molecule has 0 atom stereocenters. The lowest BCUT2D eigenvalue weighted by Crippen LogP contribution is -2.14. The first-order chi connectivity index (χ1) is 55.5. The van der Waals surface area contributed by atoms with E-state index in [1.54, 1.807) is 18.8 Å². The van der Waals surface area contributed by atoms with Gasteiger partial charge in [-0.3, -0.25) is 0 Å². The summed E-state index contributed by atoms with van der Waals surface area (Å²) in [5, 5.41) is 0. The van der Waals surface area contributed by atoms with Crippen LogP contribution in [0, 0.1) is 0 Å². The van der Waals surface area contributed by atoms with Gasteiger partial charge < -0.3 is 23.1 Å². The smallest absolute Gasteiger partial charge is 0.133 e. The average Bonchev–Trinajstić information content (AvgIpc) is 1.58. The lowest BCUT2D eigenvalue weighted by atomic mass is 9.81. The van der Waals surface area contributed by atoms with Crippen LogP contribution >= 0.6 is 0 Å². The van der Waals surface area contributed by atoms with Crippen molar-refractivity contribution in [2.24, 2.45) is 0 Å². The summed E-state index contributed by atoms with van der Waals surface area (Å²) in [5.74, 6) is 2.60. The largest absolute Gasteiger partial charge is 0.464 e. The molecule has 0 spiro atoms. The molecule has 0 unspecified atom stereocenters. The molecule has 2 aliphatic carbocycles. The van der Waals surface area contributed by atoms with E-state index in [9.17, 15) is 0 Å². The standard InChI is InChI=1S/C60H47N.C48H33NO3/c1-59(2)55-16-10-8-14-51(55)53-36-28-46(38-57(53)59)44-24-32-49(33-25-44)61(48-30-22-43(23-31-48)42-20-18-41(19-21-42)40-12-6-5-7-13-40)50-34-26-45(27-35-50)47-29-37-54-52-15-9-11-17-56(52)60(3,4)58(54)39-47;1-4-46(50-31-1)40-13-7-34(8-14-40)37-19-25-43(26-20-37)49(44-27-21-38(22-28-44)35-9-15-41(16-10-35)47-5-2-32-51-47)45-29-23-39(24-30-45)36-11-17-42(18-12-36)48-6-3-33-52-48/h5-39H,1-4H3;1-33H. The maximum absolute atomic E-state index is 5.58. The molecule has 0 saturated carbocycles. The molecule has 0 fully saturated rings. The Hall–Kier alpha value is -14.3. The van der Waals surface area contributed by atoms with E-state index in [0.717, 1.165) is 101 Å². The zero-order valence-corrected chi connectivity index (χ0v) is 63.4. The Kier molecular flexibility index (Phi) is 17.9. The van der Waals surface area contributed by atoms with Crippen LogP contribution in [0.1, 0.15) is 49.9 Å². The van der Waals surface area contributed by atoms with E-state index < -0.39 is 0 Å². The summed E-state index contributed by atoms with van der Waals surface area (Å²) in [7, 11) is 0. The molecule has 5 heteroatoms. The molecule has 15 aromatic carbocycles. The van der Waals surface area contributed by atoms with Gasteiger partial charge in [-0.2, -0.15) is 0 Å². The maximum atomic E-state index is 5.58. The number of anilines is 6. The highest BCUT2D eigenvalue weighted by atomic mass is 16.3. The van der Waals surface area contributed by atoms with Crippen molar-refractivity contribution in [3.05, 3.63) is 435 Å². The molecule has 113 heavy (non-hydrogen) atoms. The van der Waals surface area contributed by atoms with Crippen molar-refractivity contribution in [3.8, 4) is 134 Å². The molecule has 2 aliphatic rings. The van der Waals surface area contributed by atoms with Gasteiger partial charge in [0.15, 0.2) is 0 Å². The zero-order valence-electron chi connectivity index (χ0n) is 63.4. The second-order valence-corrected chi connectivity index (χ2v) is 30.4. The van der Waals surface area contributed by atoms with Gasteiger partial charge in [0.05, 0.1) is 18.8 Å². The topological polar surface area (TPSA) is 45.9 Å². The number of rotatable bonds is 16. The Bertz CT molecular complexity index is 5910. The van der Waals surface area contributed by atoms with Crippen molar-refractivity contribution in [1.82, 2.24) is 0 Å². The Balaban J connectivity index is 0.000000154. The molecule has 0 bridgehead atoms. The monoisotopic (exact) mass is 1450 g/mol. The van der Waals surface area contributed by atoms with Crippen LogP contribution in [0.4, 0.5) is 34.1 Å². The maximum Gasteiger partial charge on any atom is 0.133 e. The normalized spacial score (nSPS) is 12.6. The molecule has 0 radical (unpaired) electrons. The first-order valence-corrected chi connectivity index (χ1v) is 38.8. The van der Waals surface area contributed by atoms with E-state index in [4.69, 9.17) is 13.3 Å². The molecule has 0 amide bonds. The highest BCUT2D eigenvalue weighted by molar-refractivity contribution is 5.89. The van der Waals surface area contributed by atoms with E-state index in [2.05, 4.69) is 395 Å². The molecule has 20 rings (SSSR count). The fourth-order valence-electron chi connectivity index (χ4n) is 16.8. The first kappa shape index (κ1) is 69.2. The summed E-state index contributed by atoms with van der Waals surface area (Å²) >= 11 is 0. The molecular weight excluding hydrogens is 1370 g/mol. The van der Waals surface area contributed by atoms with E-state index in [1.807, 2.05) is 36.4 Å². The van der Waals surface area contributed by atoms with Crippen molar-refractivity contribution >= 4 is 34.1 Å². The molecule has 0 saturated heterocycles. The number of hydrogen-bond donors (Lipinski definition) is 0. The van der Waals surface area contributed by atoms with Gasteiger partial charge in [-0.1, -0.05) is 301 Å². The molecule has 3 aromatic heterocycles. The second-order valence-electron chi connectivity index (χ2n) is 30.4. The Labute approximate surface area is 660 Å². The summed E-state index contributed by atoms with van der Waals surface area (Å²) in [6, 6.07) is 142. The quantitative estimate of drug-likeness (QED) is 0.0965. The average molecular weight is 1450 g/mol. The molecule has 18 aromatic rings. The minimum atomic E-state index is -0.0397. The van der Waals surface area contributed by atoms with Crippen LogP contribution in [0.15, 0.2) is 426 Å². The van der Waals surface area contributed by atoms with Crippen molar-refractivity contribution in [3.63, 3.8) is 0 Å². The lowest BCUT2D eigenvalue weighted by molar-refractivity contribution is 0.582. The van der Waals surface area contributed by atoms with Crippen molar-refractivity contribution < 1.29 is 13.3 Å². The third-order valence-electron chi connectivity index (χ3n) is 23.0. The van der Waals surface area contributed by atoms with E-state index in [0.29, 0.717) is 0 Å². The number of hydrogen-bond acceptors (Lipinski definition) is 5. The van der Waals surface area contributed by atoms with Gasteiger partial charge in [0.1, 0.15) is 17.3 Å². The Morgan fingerprint density at radius 1 is 0.168 bits per heavy atom. The van der Waals surface area contributed by atoms with E-state index in [1.165, 1.54) is 89.0 Å². The van der Waals surface area contributed by atoms with Crippen LogP contribution in [0.25, 0.3) is 134 Å². The van der Waals surface area contributed by atoms with Gasteiger partial charge >= 0.3 is 0 Å². The van der Waals surface area contributed by atoms with Crippen LogP contribution in [0.3, 0.4) is 0 Å². The molecule has 5 nitrogen and oxygen atoms in total. The minimum absolute atomic E-state index is 0.0397. The third-order valence-corrected chi connectivity index (χ3v) is 23.0. The summed E-state index contributed by atoms with van der Waals surface area (Å²) < 4.78 is 16.7. The van der Waals surface area contributed by atoms with Crippen LogP contribution in [-0.4, -0.2) is 0 Å². The van der Waals surface area contributed by atoms with Gasteiger partial charge in [-0.05, 0) is 244 Å². The van der Waals surface area contributed by atoms with Gasteiger partial charge in [0.25, 0.3) is 0 Å². The molecule has 0 aliphatic heterocycles. The SMILES string of the molecule is CC1(C)c2ccccc2-c2ccc(-c3ccc(N(c4ccc(-c5ccc(-c6ccccc6)cc5)cc4)c4ccc(-c5ccc6c(c5)C(C)(C)c5ccccc5-6)cc4)cc3)cc21.c1coc(-c2ccc(-c3ccc(N(c4ccc(-c5ccc(-c6ccco6)cc5)cc4)c4ccc(-c5ccc(-c6ccco6)cc5)cc4)cc3)cc2)c1. The van der Waals surface area contributed by atoms with Crippen LogP contribution in [-0.2, 0) is 10.8 Å². The van der Waals surface area contributed by atoms with E-state index in [-0.39, 0.29) is 10.8 Å². The summed E-state index contributed by atoms with van der Waals surface area (Å²) in [5.41, 5.74) is 37.3. The fraction of sp³-hybridized carbons (Fsp3) is 0.0556. The molecular formula is C108H80N2O3. The highest BCUT2D eigenvalue weighted by Crippen LogP contribution is 2.52. The predicted molar refractivity (Wildman–Crippen MR) is 469 cm³/mol. The fourth-order valence-corrected chi connectivity index (χ4v) is 16.8. The van der Waals surface area contributed by atoms with Crippen LogP contribution < -0.4 is 9.80 Å². The number of furan rings is 3. The molecule has 540 valence electrons. The van der Waals surface area contributed by atoms with E-state index >= 15 is 0 Å². The first-order valence-electron chi connectivity index (χ1n) is 38.8. The third kappa shape index (κ3) is 13.4. The highest BCUT2D eigenvalue weighted by Gasteiger charge is 2.37. The lowest BCUT2D eigenvalue weighted by Gasteiger charge is -2.26. The van der Waals surface area contributed by atoms with Crippen LogP contribution in [0.2, 0.25) is 0 Å². The Morgan fingerprint density at radius 3 is 0.628 bits per heavy atom. The van der Waals surface area contributed by atoms with Crippen molar-refractivity contribution in [2.75, 3.05) is 9.80 Å². The van der Waals surface area contributed by atoms with Gasteiger partial charge in [-0.15, -0.1) is 0 Å². The number of fused-ring (bicyclic) bond motifs is 6. The van der Waals surface area contributed by atoms with Gasteiger partial charge in [-0.25, -0.2) is 0 Å². The van der Waals surface area contributed by atoms with Crippen molar-refractivity contribution in [1.29, 1.82) is 0 Å². The Morgan fingerprint density at radius 2 is 0.372 bits per heavy atom. The van der Waals surface area contributed by atoms with Gasteiger partial charge in [0.2, 0.25) is 0 Å². The molecule has 0 N–H and O–H groups in total. The van der Waals surface area contributed by atoms with Crippen molar-refractivity contribution in [2.45, 2.75) is 38.5 Å². The van der Waals surface area contributed by atoms with Crippen LogP contribution in [0.5, 0.6) is 0 Å². The number of nitrogens with zero attached hydrogens (tertiary/aromatic N) is 2. The molecule has 3 heterocycles.